The van der Waals surface area contributed by atoms with E-state index in [2.05, 4.69) is 40.9 Å². The van der Waals surface area contributed by atoms with Crippen molar-refractivity contribution in [1.82, 2.24) is 25.0 Å². The molecule has 1 N–H and O–H groups in total. The van der Waals surface area contributed by atoms with Crippen LogP contribution in [0.1, 0.15) is 0 Å². The summed E-state index contributed by atoms with van der Waals surface area (Å²) in [6.07, 6.45) is 3.17. The van der Waals surface area contributed by atoms with Crippen molar-refractivity contribution in [3.63, 3.8) is 0 Å². The maximum Gasteiger partial charge on any atom is 0.120 e. The lowest BCUT2D eigenvalue weighted by Crippen LogP contribution is -1.68. The van der Waals surface area contributed by atoms with E-state index in [1.54, 1.807) is 12.4 Å². The predicted molar refractivity (Wildman–Crippen MR) is 61.5 cm³/mol. The highest BCUT2D eigenvalue weighted by molar-refractivity contribution is 9.10. The van der Waals surface area contributed by atoms with Gasteiger partial charge in [0, 0.05) is 4.47 Å². The Kier molecular flexibility index (Phi) is 3.36. The topological polar surface area (TPSA) is 67.3 Å². The van der Waals surface area contributed by atoms with Crippen LogP contribution in [-0.2, 0) is 0 Å². The van der Waals surface area contributed by atoms with E-state index in [9.17, 15) is 0 Å². The van der Waals surface area contributed by atoms with Crippen molar-refractivity contribution in [3.8, 4) is 0 Å². The summed E-state index contributed by atoms with van der Waals surface area (Å²) in [7, 11) is 0. The van der Waals surface area contributed by atoms with E-state index in [4.69, 9.17) is 0 Å². The average Bonchev–Trinajstić information content (AvgIpc) is 2.93. The second-order valence-electron chi connectivity index (χ2n) is 2.52. The van der Waals surface area contributed by atoms with Gasteiger partial charge in [0.05, 0.1) is 17.1 Å². The van der Waals surface area contributed by atoms with E-state index in [-0.39, 0.29) is 0 Å². The third-order valence-electron chi connectivity index (χ3n) is 1.56. The quantitative estimate of drug-likeness (QED) is 0.687. The fourth-order valence-corrected chi connectivity index (χ4v) is 2.10. The second-order valence-corrected chi connectivity index (χ2v) is 4.16. The standard InChI is InChI=1S/C6H3BrN2S.C2H3N3/c7-4-2-1-3-5-6(4)8-9-10-5;1-2-4-5-3-1/h1-3H;1-2H,(H,3,4,5). The Labute approximate surface area is 97.8 Å². The van der Waals surface area contributed by atoms with Crippen LogP contribution in [-0.4, -0.2) is 25.0 Å². The van der Waals surface area contributed by atoms with Crippen molar-refractivity contribution >= 4 is 37.7 Å². The number of halogens is 1. The summed E-state index contributed by atoms with van der Waals surface area (Å²) in [6.45, 7) is 0. The number of fused-ring (bicyclic) bond motifs is 1. The molecule has 0 bridgehead atoms. The summed E-state index contributed by atoms with van der Waals surface area (Å²) >= 11 is 4.79. The Bertz CT molecular complexity index is 503. The molecule has 0 amide bonds. The number of H-pyrrole nitrogens is 1. The van der Waals surface area contributed by atoms with Gasteiger partial charge in [-0.3, -0.25) is 0 Å². The third kappa shape index (κ3) is 2.57. The molecule has 15 heavy (non-hydrogen) atoms. The van der Waals surface area contributed by atoms with Gasteiger partial charge in [0.1, 0.15) is 5.52 Å². The van der Waals surface area contributed by atoms with E-state index in [1.165, 1.54) is 11.5 Å². The van der Waals surface area contributed by atoms with Gasteiger partial charge in [-0.25, -0.2) is 0 Å². The number of rotatable bonds is 0. The summed E-state index contributed by atoms with van der Waals surface area (Å²) < 4.78 is 5.96. The van der Waals surface area contributed by atoms with Crippen molar-refractivity contribution in [2.45, 2.75) is 0 Å². The lowest BCUT2D eigenvalue weighted by atomic mass is 10.3. The summed E-state index contributed by atoms with van der Waals surface area (Å²) in [4.78, 5) is 0. The maximum atomic E-state index is 3.94. The van der Waals surface area contributed by atoms with Crippen LogP contribution in [0.4, 0.5) is 0 Å². The van der Waals surface area contributed by atoms with Crippen molar-refractivity contribution in [1.29, 1.82) is 0 Å². The first-order valence-electron chi connectivity index (χ1n) is 4.04. The molecule has 1 aromatic carbocycles. The highest BCUT2D eigenvalue weighted by Gasteiger charge is 1.99. The summed E-state index contributed by atoms with van der Waals surface area (Å²) in [5, 5.41) is 13.3. The smallest absolute Gasteiger partial charge is 0.120 e. The van der Waals surface area contributed by atoms with Gasteiger partial charge >= 0.3 is 0 Å². The van der Waals surface area contributed by atoms with Gasteiger partial charge in [-0.05, 0) is 39.6 Å². The number of aromatic nitrogens is 5. The number of hydrogen-bond acceptors (Lipinski definition) is 5. The van der Waals surface area contributed by atoms with Gasteiger partial charge in [0.15, 0.2) is 0 Å². The second kappa shape index (κ2) is 4.94. The summed E-state index contributed by atoms with van der Waals surface area (Å²) in [5.74, 6) is 0. The van der Waals surface area contributed by atoms with Crippen LogP contribution in [0.25, 0.3) is 10.2 Å². The molecule has 76 valence electrons. The van der Waals surface area contributed by atoms with Crippen LogP contribution >= 0.6 is 27.5 Å². The molecule has 3 aromatic rings. The first kappa shape index (κ1) is 10.2. The van der Waals surface area contributed by atoms with Gasteiger partial charge in [0.2, 0.25) is 0 Å². The fraction of sp³-hybridized carbons (Fsp3) is 0. The monoisotopic (exact) mass is 283 g/mol. The zero-order valence-electron chi connectivity index (χ0n) is 7.46. The number of aromatic amines is 1. The Balaban J connectivity index is 0.000000144. The number of nitrogens with zero attached hydrogens (tertiary/aromatic N) is 4. The number of hydrogen-bond donors (Lipinski definition) is 1. The molecule has 0 aliphatic carbocycles. The van der Waals surface area contributed by atoms with Crippen LogP contribution in [0.3, 0.4) is 0 Å². The lowest BCUT2D eigenvalue weighted by molar-refractivity contribution is 0.940. The van der Waals surface area contributed by atoms with E-state index in [0.29, 0.717) is 0 Å². The molecule has 2 heterocycles. The molecular weight excluding hydrogens is 278 g/mol. The normalized spacial score (nSPS) is 9.67. The Hall–Kier alpha value is -1.34. The molecule has 0 unspecified atom stereocenters. The zero-order valence-corrected chi connectivity index (χ0v) is 9.86. The predicted octanol–water partition coefficient (Wildman–Crippen LogP) is 2.26. The minimum absolute atomic E-state index is 0.951. The van der Waals surface area contributed by atoms with Gasteiger partial charge < -0.3 is 0 Å². The van der Waals surface area contributed by atoms with Crippen LogP contribution in [0.2, 0.25) is 0 Å². The first-order chi connectivity index (χ1) is 7.38. The Morgan fingerprint density at radius 2 is 2.00 bits per heavy atom. The van der Waals surface area contributed by atoms with Crippen LogP contribution in [0.5, 0.6) is 0 Å². The average molecular weight is 284 g/mol. The van der Waals surface area contributed by atoms with Gasteiger partial charge in [-0.2, -0.15) is 15.4 Å². The molecule has 5 nitrogen and oxygen atoms in total. The molecule has 0 fully saturated rings. The van der Waals surface area contributed by atoms with Crippen molar-refractivity contribution in [2.24, 2.45) is 0 Å². The zero-order chi connectivity index (χ0) is 10.5. The van der Waals surface area contributed by atoms with E-state index in [1.807, 2.05) is 18.2 Å². The Morgan fingerprint density at radius 1 is 1.20 bits per heavy atom. The Morgan fingerprint density at radius 3 is 2.60 bits per heavy atom. The molecule has 0 spiro atoms. The summed E-state index contributed by atoms with van der Waals surface area (Å²) in [6, 6.07) is 5.95. The van der Waals surface area contributed by atoms with Crippen molar-refractivity contribution in [2.75, 3.05) is 0 Å². The molecule has 0 atom stereocenters. The van der Waals surface area contributed by atoms with Crippen LogP contribution in [0.15, 0.2) is 35.1 Å². The highest BCUT2D eigenvalue weighted by atomic mass is 79.9. The van der Waals surface area contributed by atoms with Crippen molar-refractivity contribution < 1.29 is 0 Å². The van der Waals surface area contributed by atoms with E-state index in [0.717, 1.165) is 14.7 Å². The molecule has 7 heteroatoms. The molecule has 0 aliphatic rings. The fourth-order valence-electron chi connectivity index (χ4n) is 0.938. The molecule has 0 aliphatic heterocycles. The summed E-state index contributed by atoms with van der Waals surface area (Å²) in [5.41, 5.74) is 0.951. The first-order valence-corrected chi connectivity index (χ1v) is 5.61. The van der Waals surface area contributed by atoms with Crippen molar-refractivity contribution in [3.05, 3.63) is 35.1 Å². The molecule has 3 rings (SSSR count). The molecule has 2 aromatic heterocycles. The minimum atomic E-state index is 0.951. The molecular formula is C8H6BrN5S. The largest absolute Gasteiger partial charge is 0.198 e. The lowest BCUT2D eigenvalue weighted by Gasteiger charge is -1.86. The SMILES string of the molecule is Brc1cccc2snnc12.c1cn[nH]n1. The molecule has 0 saturated carbocycles. The van der Waals surface area contributed by atoms with Crippen LogP contribution < -0.4 is 0 Å². The van der Waals surface area contributed by atoms with Gasteiger partial charge in [0.25, 0.3) is 0 Å². The minimum Gasteiger partial charge on any atom is -0.198 e. The van der Waals surface area contributed by atoms with E-state index >= 15 is 0 Å². The maximum absolute atomic E-state index is 3.94. The number of nitrogens with one attached hydrogen (secondary N) is 1. The molecule has 0 radical (unpaired) electrons. The van der Waals surface area contributed by atoms with Crippen LogP contribution in [0, 0.1) is 0 Å². The molecule has 0 saturated heterocycles. The highest BCUT2D eigenvalue weighted by Crippen LogP contribution is 2.23. The number of benzene rings is 1. The van der Waals surface area contributed by atoms with Gasteiger partial charge in [-0.1, -0.05) is 10.6 Å². The van der Waals surface area contributed by atoms with E-state index < -0.39 is 0 Å². The van der Waals surface area contributed by atoms with Gasteiger partial charge in [-0.15, -0.1) is 5.10 Å². The third-order valence-corrected chi connectivity index (χ3v) is 2.89.